The highest BCUT2D eigenvalue weighted by Crippen LogP contribution is 2.54. The number of hydrogen-bond acceptors (Lipinski definition) is 1. The molecule has 0 bridgehead atoms. The fraction of sp³-hybridized carbons (Fsp3) is 0.833. The second kappa shape index (κ2) is 8.31. The Hall–Kier alpha value is -0.720. The van der Waals surface area contributed by atoms with Gasteiger partial charge in [-0.05, 0) is 47.3 Å². The van der Waals surface area contributed by atoms with Crippen LogP contribution in [0.3, 0.4) is 0 Å². The summed E-state index contributed by atoms with van der Waals surface area (Å²) in [7, 11) is 0. The van der Waals surface area contributed by atoms with Crippen molar-refractivity contribution in [3.8, 4) is 0 Å². The van der Waals surface area contributed by atoms with Gasteiger partial charge in [-0.2, -0.15) is 0 Å². The molecule has 0 aliphatic carbocycles. The SMILES string of the molecule is C=C(CC(CCC)C(=C)O)CC(C)(C)C(C)(C)CC(C)(C)C(C)(C)C. The number of aliphatic hydroxyl groups is 1. The molecule has 1 atom stereocenters. The molecule has 0 radical (unpaired) electrons. The summed E-state index contributed by atoms with van der Waals surface area (Å²) < 4.78 is 0. The fourth-order valence-electron chi connectivity index (χ4n) is 3.63. The van der Waals surface area contributed by atoms with Crippen LogP contribution in [0, 0.1) is 27.6 Å². The maximum absolute atomic E-state index is 9.86. The van der Waals surface area contributed by atoms with Gasteiger partial charge in [-0.25, -0.2) is 0 Å². The quantitative estimate of drug-likeness (QED) is 0.310. The van der Waals surface area contributed by atoms with Crippen LogP contribution in [0.1, 0.15) is 101 Å². The molecule has 0 aromatic heterocycles. The Kier molecular flexibility index (Phi) is 8.08. The predicted molar refractivity (Wildman–Crippen MR) is 114 cm³/mol. The van der Waals surface area contributed by atoms with E-state index in [1.807, 2.05) is 0 Å². The van der Waals surface area contributed by atoms with Crippen LogP contribution in [-0.2, 0) is 0 Å². The van der Waals surface area contributed by atoms with Crippen molar-refractivity contribution in [2.75, 3.05) is 0 Å². The fourth-order valence-corrected chi connectivity index (χ4v) is 3.63. The predicted octanol–water partition coefficient (Wildman–Crippen LogP) is 8.33. The molecule has 0 amide bonds. The molecular weight excluding hydrogens is 304 g/mol. The highest BCUT2D eigenvalue weighted by Gasteiger charge is 2.44. The minimum Gasteiger partial charge on any atom is -0.513 e. The van der Waals surface area contributed by atoms with Gasteiger partial charge < -0.3 is 5.11 Å². The Bertz CT molecular complexity index is 457. The Morgan fingerprint density at radius 1 is 0.840 bits per heavy atom. The van der Waals surface area contributed by atoms with E-state index < -0.39 is 0 Å². The van der Waals surface area contributed by atoms with E-state index in [4.69, 9.17) is 0 Å². The molecule has 0 saturated carbocycles. The van der Waals surface area contributed by atoms with Crippen LogP contribution in [-0.4, -0.2) is 5.11 Å². The van der Waals surface area contributed by atoms with Crippen LogP contribution in [0.25, 0.3) is 0 Å². The Labute approximate surface area is 159 Å². The lowest BCUT2D eigenvalue weighted by atomic mass is 9.55. The van der Waals surface area contributed by atoms with Gasteiger partial charge >= 0.3 is 0 Å². The summed E-state index contributed by atoms with van der Waals surface area (Å²) in [5.41, 5.74) is 2.13. The van der Waals surface area contributed by atoms with E-state index in [1.54, 1.807) is 0 Å². The van der Waals surface area contributed by atoms with E-state index in [-0.39, 0.29) is 27.6 Å². The Morgan fingerprint density at radius 2 is 1.32 bits per heavy atom. The molecule has 1 N–H and O–H groups in total. The highest BCUT2D eigenvalue weighted by atomic mass is 16.3. The molecule has 0 aromatic rings. The van der Waals surface area contributed by atoms with Gasteiger partial charge in [0.2, 0.25) is 0 Å². The van der Waals surface area contributed by atoms with Crippen LogP contribution in [0.4, 0.5) is 0 Å². The van der Waals surface area contributed by atoms with Crippen molar-refractivity contribution in [2.24, 2.45) is 27.6 Å². The van der Waals surface area contributed by atoms with Crippen LogP contribution in [0.5, 0.6) is 0 Å². The summed E-state index contributed by atoms with van der Waals surface area (Å²) in [6, 6.07) is 0. The largest absolute Gasteiger partial charge is 0.513 e. The summed E-state index contributed by atoms with van der Waals surface area (Å²) in [6.07, 6.45) is 5.06. The maximum Gasteiger partial charge on any atom is 0.0885 e. The molecule has 0 rings (SSSR count). The number of allylic oxidation sites excluding steroid dienone is 2. The zero-order valence-electron chi connectivity index (χ0n) is 19.0. The van der Waals surface area contributed by atoms with Crippen LogP contribution in [0.15, 0.2) is 24.5 Å². The molecule has 0 fully saturated rings. The van der Waals surface area contributed by atoms with Crippen molar-refractivity contribution in [1.29, 1.82) is 0 Å². The van der Waals surface area contributed by atoms with Gasteiger partial charge in [0.1, 0.15) is 0 Å². The van der Waals surface area contributed by atoms with Gasteiger partial charge in [0.25, 0.3) is 0 Å². The monoisotopic (exact) mass is 350 g/mol. The first kappa shape index (κ1) is 24.3. The zero-order valence-corrected chi connectivity index (χ0v) is 19.0. The summed E-state index contributed by atoms with van der Waals surface area (Å²) in [5.74, 6) is 0.469. The van der Waals surface area contributed by atoms with Gasteiger partial charge in [-0.15, -0.1) is 0 Å². The molecule has 1 heteroatoms. The molecule has 0 spiro atoms. The van der Waals surface area contributed by atoms with Gasteiger partial charge in [0, 0.05) is 5.92 Å². The van der Waals surface area contributed by atoms with Crippen LogP contribution >= 0.6 is 0 Å². The lowest BCUT2D eigenvalue weighted by Gasteiger charge is -2.50. The van der Waals surface area contributed by atoms with Gasteiger partial charge in [-0.1, -0.05) is 94.4 Å². The molecule has 0 aliphatic heterocycles. The molecule has 0 aromatic carbocycles. The van der Waals surface area contributed by atoms with E-state index >= 15 is 0 Å². The van der Waals surface area contributed by atoms with Crippen LogP contribution < -0.4 is 0 Å². The third kappa shape index (κ3) is 6.83. The number of hydrogen-bond donors (Lipinski definition) is 1. The van der Waals surface area contributed by atoms with E-state index in [0.717, 1.165) is 25.7 Å². The first-order valence-electron chi connectivity index (χ1n) is 10.0. The van der Waals surface area contributed by atoms with Crippen molar-refractivity contribution in [2.45, 2.75) is 101 Å². The summed E-state index contributed by atoms with van der Waals surface area (Å²) in [6.45, 7) is 31.6. The molecule has 1 unspecified atom stereocenters. The topological polar surface area (TPSA) is 20.2 Å². The highest BCUT2D eigenvalue weighted by molar-refractivity contribution is 5.07. The smallest absolute Gasteiger partial charge is 0.0885 e. The summed E-state index contributed by atoms with van der Waals surface area (Å²) in [4.78, 5) is 0. The Morgan fingerprint density at radius 3 is 1.68 bits per heavy atom. The van der Waals surface area contributed by atoms with E-state index in [2.05, 4.69) is 82.4 Å². The van der Waals surface area contributed by atoms with E-state index in [1.165, 1.54) is 12.0 Å². The van der Waals surface area contributed by atoms with Gasteiger partial charge in [0.15, 0.2) is 0 Å². The lowest BCUT2D eigenvalue weighted by molar-refractivity contribution is 0.00196. The molecule has 148 valence electrons. The number of rotatable bonds is 10. The van der Waals surface area contributed by atoms with Crippen molar-refractivity contribution in [1.82, 2.24) is 0 Å². The molecule has 25 heavy (non-hydrogen) atoms. The average Bonchev–Trinajstić information content (AvgIpc) is 2.34. The first-order chi connectivity index (χ1) is 11.0. The second-order valence-corrected chi connectivity index (χ2v) is 11.2. The van der Waals surface area contributed by atoms with E-state index in [9.17, 15) is 5.11 Å². The Balaban J connectivity index is 5.16. The molecule has 0 heterocycles. The number of aliphatic hydroxyl groups excluding tert-OH is 1. The first-order valence-corrected chi connectivity index (χ1v) is 10.0. The van der Waals surface area contributed by atoms with Crippen molar-refractivity contribution in [3.63, 3.8) is 0 Å². The molecule has 0 saturated heterocycles. The van der Waals surface area contributed by atoms with Gasteiger partial charge in [0.05, 0.1) is 5.76 Å². The maximum atomic E-state index is 9.86. The summed E-state index contributed by atoms with van der Waals surface area (Å²) >= 11 is 0. The van der Waals surface area contributed by atoms with E-state index in [0.29, 0.717) is 5.76 Å². The van der Waals surface area contributed by atoms with Crippen molar-refractivity contribution < 1.29 is 5.11 Å². The van der Waals surface area contributed by atoms with Crippen LogP contribution in [0.2, 0.25) is 0 Å². The third-order valence-corrected chi connectivity index (χ3v) is 7.08. The third-order valence-electron chi connectivity index (χ3n) is 7.08. The average molecular weight is 351 g/mol. The minimum atomic E-state index is 0.153. The normalized spacial score (nSPS) is 15.1. The molecular formula is C24H46O. The summed E-state index contributed by atoms with van der Waals surface area (Å²) in [5, 5.41) is 9.86. The lowest BCUT2D eigenvalue weighted by Crippen LogP contribution is -2.41. The molecule has 1 nitrogen and oxygen atoms in total. The second-order valence-electron chi connectivity index (χ2n) is 11.2. The standard InChI is InChI=1S/C24H46O/c1-13-14-20(19(3)25)15-18(2)16-22(7,8)24(11,12)17-23(9,10)21(4,5)6/h20,25H,2-3,13-17H2,1,4-12H3. The molecule has 0 aliphatic rings. The van der Waals surface area contributed by atoms with Crippen molar-refractivity contribution in [3.05, 3.63) is 24.5 Å². The minimum absolute atomic E-state index is 0.153. The van der Waals surface area contributed by atoms with Gasteiger partial charge in [-0.3, -0.25) is 0 Å². The van der Waals surface area contributed by atoms with Crippen molar-refractivity contribution >= 4 is 0 Å². The zero-order chi connectivity index (χ0) is 20.3.